The molecule has 1 saturated carbocycles. The zero-order chi connectivity index (χ0) is 15.0. The molecule has 2 aliphatic heterocycles. The van der Waals surface area contributed by atoms with Gasteiger partial charge in [0.05, 0.1) is 7.11 Å². The number of piperidine rings is 1. The van der Waals surface area contributed by atoms with Gasteiger partial charge in [-0.05, 0) is 45.1 Å². The Morgan fingerprint density at radius 2 is 2.05 bits per heavy atom. The maximum absolute atomic E-state index is 12.2. The van der Waals surface area contributed by atoms with Crippen molar-refractivity contribution < 1.29 is 9.53 Å². The van der Waals surface area contributed by atoms with Crippen molar-refractivity contribution in [1.82, 2.24) is 9.80 Å². The summed E-state index contributed by atoms with van der Waals surface area (Å²) in [6, 6.07) is 1.11. The Labute approximate surface area is 127 Å². The summed E-state index contributed by atoms with van der Waals surface area (Å²) >= 11 is 0. The molecule has 0 amide bonds. The lowest BCUT2D eigenvalue weighted by atomic mass is 9.90. The van der Waals surface area contributed by atoms with E-state index in [2.05, 4.69) is 16.7 Å². The molecule has 0 aromatic rings. The fraction of sp³-hybridized carbons (Fsp3) is 0.938. The lowest BCUT2D eigenvalue weighted by molar-refractivity contribution is -0.149. The minimum Gasteiger partial charge on any atom is -0.468 e. The highest BCUT2D eigenvalue weighted by atomic mass is 16.5. The molecule has 0 radical (unpaired) electrons. The van der Waals surface area contributed by atoms with E-state index in [9.17, 15) is 4.79 Å². The fourth-order valence-corrected chi connectivity index (χ4v) is 4.12. The fourth-order valence-electron chi connectivity index (χ4n) is 4.12. The summed E-state index contributed by atoms with van der Waals surface area (Å²) in [5, 5.41) is 0. The van der Waals surface area contributed by atoms with Crippen LogP contribution in [0.3, 0.4) is 0 Å². The second-order valence-corrected chi connectivity index (χ2v) is 7.23. The molecule has 3 fully saturated rings. The smallest absolute Gasteiger partial charge is 0.327 e. The minimum atomic E-state index is -0.806. The Morgan fingerprint density at radius 3 is 2.71 bits per heavy atom. The third kappa shape index (κ3) is 2.96. The van der Waals surface area contributed by atoms with E-state index >= 15 is 0 Å². The van der Waals surface area contributed by atoms with Gasteiger partial charge in [-0.3, -0.25) is 14.6 Å². The summed E-state index contributed by atoms with van der Waals surface area (Å²) in [7, 11) is 1.45. The van der Waals surface area contributed by atoms with Crippen LogP contribution in [0, 0.1) is 5.92 Å². The number of piperazine rings is 1. The van der Waals surface area contributed by atoms with E-state index in [1.165, 1.54) is 32.9 Å². The summed E-state index contributed by atoms with van der Waals surface area (Å²) in [4.78, 5) is 17.2. The third-order valence-corrected chi connectivity index (χ3v) is 5.65. The Morgan fingerprint density at radius 1 is 1.29 bits per heavy atom. The van der Waals surface area contributed by atoms with Crippen molar-refractivity contribution >= 4 is 5.97 Å². The van der Waals surface area contributed by atoms with Gasteiger partial charge in [-0.15, -0.1) is 0 Å². The van der Waals surface area contributed by atoms with E-state index in [4.69, 9.17) is 10.5 Å². The first kappa shape index (κ1) is 15.3. The predicted octanol–water partition coefficient (Wildman–Crippen LogP) is 0.826. The zero-order valence-electron chi connectivity index (χ0n) is 13.4. The lowest BCUT2D eigenvalue weighted by Crippen LogP contribution is -2.65. The second kappa shape index (κ2) is 5.86. The van der Waals surface area contributed by atoms with E-state index in [1.54, 1.807) is 0 Å². The number of fused-ring (bicyclic) bond motifs is 1. The highest BCUT2D eigenvalue weighted by molar-refractivity contribution is 5.81. The van der Waals surface area contributed by atoms with Gasteiger partial charge >= 0.3 is 5.97 Å². The number of esters is 1. The van der Waals surface area contributed by atoms with Crippen molar-refractivity contribution in [3.05, 3.63) is 0 Å². The molecule has 2 heterocycles. The van der Waals surface area contributed by atoms with Gasteiger partial charge in [-0.25, -0.2) is 0 Å². The lowest BCUT2D eigenvalue weighted by Gasteiger charge is -2.49. The molecule has 3 rings (SSSR count). The van der Waals surface area contributed by atoms with Crippen LogP contribution < -0.4 is 5.73 Å². The van der Waals surface area contributed by atoms with E-state index in [-0.39, 0.29) is 5.97 Å². The van der Waals surface area contributed by atoms with Crippen LogP contribution in [0.5, 0.6) is 0 Å². The molecule has 0 spiro atoms. The quantitative estimate of drug-likeness (QED) is 0.778. The number of carbonyl (C=O) groups excluding carboxylic acids is 1. The normalized spacial score (nSPS) is 34.0. The van der Waals surface area contributed by atoms with Crippen molar-refractivity contribution in [3.63, 3.8) is 0 Å². The molecule has 0 aromatic carbocycles. The molecule has 1 aliphatic carbocycles. The molecule has 5 heteroatoms. The van der Waals surface area contributed by atoms with Crippen LogP contribution in [0.25, 0.3) is 0 Å². The number of methoxy groups -OCH3 is 1. The average Bonchev–Trinajstić information content (AvgIpc) is 3.32. The van der Waals surface area contributed by atoms with Crippen LogP contribution in [-0.2, 0) is 9.53 Å². The number of hydrogen-bond acceptors (Lipinski definition) is 5. The molecule has 5 nitrogen and oxygen atoms in total. The van der Waals surface area contributed by atoms with Crippen molar-refractivity contribution in [3.8, 4) is 0 Å². The van der Waals surface area contributed by atoms with Crippen LogP contribution in [0.15, 0.2) is 0 Å². The summed E-state index contributed by atoms with van der Waals surface area (Å²) < 4.78 is 5.00. The largest absolute Gasteiger partial charge is 0.468 e. The maximum Gasteiger partial charge on any atom is 0.327 e. The minimum absolute atomic E-state index is 0.233. The first-order valence-electron chi connectivity index (χ1n) is 8.40. The molecular formula is C16H29N3O2. The number of hydrogen-bond donors (Lipinski definition) is 1. The van der Waals surface area contributed by atoms with Crippen molar-refractivity contribution in [1.29, 1.82) is 0 Å². The average molecular weight is 295 g/mol. The molecule has 120 valence electrons. The summed E-state index contributed by atoms with van der Waals surface area (Å²) in [6.07, 6.45) is 6.06. The predicted molar refractivity (Wildman–Crippen MR) is 81.9 cm³/mol. The second-order valence-electron chi connectivity index (χ2n) is 7.23. The van der Waals surface area contributed by atoms with Gasteiger partial charge in [-0.2, -0.15) is 0 Å². The van der Waals surface area contributed by atoms with Crippen molar-refractivity contribution in [2.24, 2.45) is 11.7 Å². The first-order chi connectivity index (χ1) is 10.0. The van der Waals surface area contributed by atoms with Gasteiger partial charge in [-0.1, -0.05) is 6.42 Å². The van der Waals surface area contributed by atoms with Crippen LogP contribution in [0.1, 0.15) is 39.0 Å². The molecule has 3 atom stereocenters. The topological polar surface area (TPSA) is 58.8 Å². The van der Waals surface area contributed by atoms with Gasteiger partial charge in [0.15, 0.2) is 0 Å². The summed E-state index contributed by atoms with van der Waals surface area (Å²) in [5.74, 6) is 0.0739. The van der Waals surface area contributed by atoms with Gasteiger partial charge in [0.25, 0.3) is 0 Å². The zero-order valence-corrected chi connectivity index (χ0v) is 13.4. The van der Waals surface area contributed by atoms with Crippen LogP contribution in [-0.4, -0.2) is 66.7 Å². The first-order valence-corrected chi connectivity index (χ1v) is 8.40. The number of nitrogens with zero attached hydrogens (tertiary/aromatic N) is 2. The molecule has 2 saturated heterocycles. The molecule has 21 heavy (non-hydrogen) atoms. The van der Waals surface area contributed by atoms with Crippen LogP contribution in [0.2, 0.25) is 0 Å². The van der Waals surface area contributed by atoms with Crippen LogP contribution >= 0.6 is 0 Å². The van der Waals surface area contributed by atoms with Gasteiger partial charge < -0.3 is 10.5 Å². The molecular weight excluding hydrogens is 266 g/mol. The van der Waals surface area contributed by atoms with E-state index < -0.39 is 5.54 Å². The van der Waals surface area contributed by atoms with Crippen molar-refractivity contribution in [2.45, 2.75) is 56.7 Å². The number of nitrogens with two attached hydrogens (primary N) is 1. The monoisotopic (exact) mass is 295 g/mol. The van der Waals surface area contributed by atoms with E-state index in [0.29, 0.717) is 24.5 Å². The van der Waals surface area contributed by atoms with Crippen LogP contribution in [0.4, 0.5) is 0 Å². The molecule has 2 N–H and O–H groups in total. The number of carbonyl (C=O) groups is 1. The Hall–Kier alpha value is -0.650. The number of rotatable bonds is 4. The van der Waals surface area contributed by atoms with E-state index in [0.717, 1.165) is 25.9 Å². The molecule has 0 aromatic heterocycles. The molecule has 3 aliphatic rings. The maximum atomic E-state index is 12.2. The van der Waals surface area contributed by atoms with E-state index in [1.807, 2.05) is 0 Å². The Kier molecular flexibility index (Phi) is 4.26. The molecule has 0 bridgehead atoms. The summed E-state index contributed by atoms with van der Waals surface area (Å²) in [5.41, 5.74) is 5.68. The molecule has 3 unspecified atom stereocenters. The van der Waals surface area contributed by atoms with Gasteiger partial charge in [0, 0.05) is 31.7 Å². The highest BCUT2D eigenvalue weighted by Crippen LogP contribution is 2.40. The summed E-state index contributed by atoms with van der Waals surface area (Å²) in [6.45, 7) is 6.29. The highest BCUT2D eigenvalue weighted by Gasteiger charge is 2.51. The Bertz CT molecular complexity index is 399. The standard InChI is InChI=1S/C16H29N3O2/c1-12-9-18-8-4-3-5-14(18)10-19(12)11-16(17,13-6-7-13)15(20)21-2/h12-14H,3-11,17H2,1-2H3. The van der Waals surface area contributed by atoms with Crippen molar-refractivity contribution in [2.75, 3.05) is 33.3 Å². The number of ether oxygens (including phenoxy) is 1. The van der Waals surface area contributed by atoms with Gasteiger partial charge in [0.1, 0.15) is 5.54 Å². The SMILES string of the molecule is COC(=O)C(N)(CN1CC2CCCCN2CC1C)C1CC1. The third-order valence-electron chi connectivity index (χ3n) is 5.65. The Balaban J connectivity index is 1.69. The van der Waals surface area contributed by atoms with Gasteiger partial charge in [0.2, 0.25) is 0 Å².